The summed E-state index contributed by atoms with van der Waals surface area (Å²) in [7, 11) is 0. The Bertz CT molecular complexity index is 181. The van der Waals surface area contributed by atoms with Crippen LogP contribution >= 0.6 is 0 Å². The van der Waals surface area contributed by atoms with E-state index in [0.717, 1.165) is 6.61 Å². The van der Waals surface area contributed by atoms with Crippen molar-refractivity contribution in [2.45, 2.75) is 32.5 Å². The highest BCUT2D eigenvalue weighted by Crippen LogP contribution is 2.10. The van der Waals surface area contributed by atoms with E-state index in [1.165, 1.54) is 0 Å². The van der Waals surface area contributed by atoms with Crippen molar-refractivity contribution in [1.82, 2.24) is 0 Å². The van der Waals surface area contributed by atoms with Gasteiger partial charge in [-0.15, -0.1) is 0 Å². The largest absolute Gasteiger partial charge is 0.363 e. The lowest BCUT2D eigenvalue weighted by molar-refractivity contribution is 0.0361. The summed E-state index contributed by atoms with van der Waals surface area (Å²) in [5.74, 6) is 6.01. The Morgan fingerprint density at radius 1 is 1.64 bits per heavy atom. The summed E-state index contributed by atoms with van der Waals surface area (Å²) >= 11 is 0. The first-order chi connectivity index (χ1) is 5.14. The second kappa shape index (κ2) is 3.25. The van der Waals surface area contributed by atoms with Crippen LogP contribution in [0.15, 0.2) is 0 Å². The molecule has 2 nitrogen and oxygen atoms in total. The fourth-order valence-corrected chi connectivity index (χ4v) is 0.783. The maximum absolute atomic E-state index is 5.38. The maximum Gasteiger partial charge on any atom is 0.141 e. The van der Waals surface area contributed by atoms with E-state index in [0.29, 0.717) is 6.61 Å². The molecular formula is C9H14O2. The second-order valence-corrected chi connectivity index (χ2v) is 3.03. The van der Waals surface area contributed by atoms with Crippen molar-refractivity contribution in [3.05, 3.63) is 0 Å². The summed E-state index contributed by atoms with van der Waals surface area (Å²) in [4.78, 5) is 0. The first-order valence-electron chi connectivity index (χ1n) is 3.92. The molecule has 0 N–H and O–H groups in total. The molecular weight excluding hydrogens is 140 g/mol. The van der Waals surface area contributed by atoms with Crippen molar-refractivity contribution in [2.75, 3.05) is 13.2 Å². The van der Waals surface area contributed by atoms with Crippen LogP contribution in [0.3, 0.4) is 0 Å². The molecule has 2 heteroatoms. The first kappa shape index (κ1) is 8.58. The van der Waals surface area contributed by atoms with Crippen LogP contribution in [0.4, 0.5) is 0 Å². The van der Waals surface area contributed by atoms with E-state index in [9.17, 15) is 0 Å². The molecule has 1 rings (SSSR count). The third-order valence-corrected chi connectivity index (χ3v) is 1.37. The number of hydrogen-bond donors (Lipinski definition) is 0. The van der Waals surface area contributed by atoms with Gasteiger partial charge in [0.1, 0.15) is 11.7 Å². The van der Waals surface area contributed by atoms with E-state index in [1.807, 2.05) is 20.8 Å². The summed E-state index contributed by atoms with van der Waals surface area (Å²) in [5.41, 5.74) is -0.319. The van der Waals surface area contributed by atoms with Gasteiger partial charge in [-0.1, -0.05) is 11.8 Å². The van der Waals surface area contributed by atoms with E-state index in [4.69, 9.17) is 9.47 Å². The van der Waals surface area contributed by atoms with Crippen LogP contribution in [0.25, 0.3) is 0 Å². The van der Waals surface area contributed by atoms with Gasteiger partial charge in [0.25, 0.3) is 0 Å². The standard InChI is InChI=1S/C9H14O2/c1-4-11-9(2,3)6-5-8-7-10-8/h8H,4,7H2,1-3H3. The lowest BCUT2D eigenvalue weighted by Gasteiger charge is -2.16. The summed E-state index contributed by atoms with van der Waals surface area (Å²) in [5, 5.41) is 0. The van der Waals surface area contributed by atoms with Crippen molar-refractivity contribution in [3.8, 4) is 11.8 Å². The van der Waals surface area contributed by atoms with Gasteiger partial charge in [0.05, 0.1) is 6.61 Å². The minimum absolute atomic E-state index is 0.176. The molecule has 0 radical (unpaired) electrons. The van der Waals surface area contributed by atoms with Crippen LogP contribution in [0.1, 0.15) is 20.8 Å². The van der Waals surface area contributed by atoms with E-state index in [-0.39, 0.29) is 11.7 Å². The monoisotopic (exact) mass is 154 g/mol. The van der Waals surface area contributed by atoms with Crippen molar-refractivity contribution in [3.63, 3.8) is 0 Å². The highest BCUT2D eigenvalue weighted by atomic mass is 16.6. The smallest absolute Gasteiger partial charge is 0.141 e. The molecule has 1 saturated heterocycles. The van der Waals surface area contributed by atoms with Crippen molar-refractivity contribution in [1.29, 1.82) is 0 Å². The molecule has 1 aliphatic heterocycles. The van der Waals surface area contributed by atoms with Crippen LogP contribution in [0, 0.1) is 11.8 Å². The molecule has 1 heterocycles. The fourth-order valence-electron chi connectivity index (χ4n) is 0.783. The Morgan fingerprint density at radius 3 is 2.73 bits per heavy atom. The van der Waals surface area contributed by atoms with Crippen LogP contribution < -0.4 is 0 Å². The predicted octanol–water partition coefficient (Wildman–Crippen LogP) is 1.20. The second-order valence-electron chi connectivity index (χ2n) is 3.03. The van der Waals surface area contributed by atoms with Crippen LogP contribution in [0.5, 0.6) is 0 Å². The zero-order valence-electron chi connectivity index (χ0n) is 7.31. The number of epoxide rings is 1. The fraction of sp³-hybridized carbons (Fsp3) is 0.778. The number of hydrogen-bond acceptors (Lipinski definition) is 2. The van der Waals surface area contributed by atoms with Gasteiger partial charge < -0.3 is 9.47 Å². The third kappa shape index (κ3) is 3.41. The minimum Gasteiger partial charge on any atom is -0.363 e. The van der Waals surface area contributed by atoms with Gasteiger partial charge in [-0.3, -0.25) is 0 Å². The molecule has 0 aromatic heterocycles. The molecule has 1 atom stereocenters. The summed E-state index contributed by atoms with van der Waals surface area (Å²) < 4.78 is 10.3. The Balaban J connectivity index is 2.38. The normalized spacial score (nSPS) is 22.3. The Morgan fingerprint density at radius 2 is 2.27 bits per heavy atom. The zero-order valence-corrected chi connectivity index (χ0v) is 7.31. The van der Waals surface area contributed by atoms with Crippen LogP contribution in [0.2, 0.25) is 0 Å². The molecule has 0 amide bonds. The Labute approximate surface area is 67.9 Å². The molecule has 11 heavy (non-hydrogen) atoms. The van der Waals surface area contributed by atoms with Gasteiger partial charge in [-0.25, -0.2) is 0 Å². The first-order valence-corrected chi connectivity index (χ1v) is 3.92. The average Bonchev–Trinajstić information content (AvgIpc) is 2.65. The van der Waals surface area contributed by atoms with Crippen molar-refractivity contribution >= 4 is 0 Å². The Hall–Kier alpha value is -0.520. The van der Waals surface area contributed by atoms with E-state index >= 15 is 0 Å². The molecule has 0 bridgehead atoms. The van der Waals surface area contributed by atoms with Crippen LogP contribution in [-0.4, -0.2) is 24.9 Å². The highest BCUT2D eigenvalue weighted by molar-refractivity contribution is 5.17. The topological polar surface area (TPSA) is 21.8 Å². The van der Waals surface area contributed by atoms with Crippen molar-refractivity contribution < 1.29 is 9.47 Å². The predicted molar refractivity (Wildman–Crippen MR) is 43.2 cm³/mol. The molecule has 0 aromatic rings. The summed E-state index contributed by atoms with van der Waals surface area (Å²) in [6, 6.07) is 0. The van der Waals surface area contributed by atoms with Gasteiger partial charge in [-0.05, 0) is 20.8 Å². The molecule has 0 aromatic carbocycles. The van der Waals surface area contributed by atoms with Crippen LogP contribution in [-0.2, 0) is 9.47 Å². The SMILES string of the molecule is CCOC(C)(C)C#CC1CO1. The lowest BCUT2D eigenvalue weighted by atomic mass is 10.1. The molecule has 0 aliphatic carbocycles. The molecule has 1 aliphatic rings. The van der Waals surface area contributed by atoms with E-state index in [2.05, 4.69) is 11.8 Å². The Kier molecular flexibility index (Phi) is 2.53. The minimum atomic E-state index is -0.319. The highest BCUT2D eigenvalue weighted by Gasteiger charge is 2.20. The van der Waals surface area contributed by atoms with Gasteiger partial charge in [0.2, 0.25) is 0 Å². The van der Waals surface area contributed by atoms with E-state index in [1.54, 1.807) is 0 Å². The van der Waals surface area contributed by atoms with E-state index < -0.39 is 0 Å². The molecule has 1 unspecified atom stereocenters. The maximum atomic E-state index is 5.38. The van der Waals surface area contributed by atoms with Gasteiger partial charge >= 0.3 is 0 Å². The molecule has 62 valence electrons. The molecule has 0 spiro atoms. The van der Waals surface area contributed by atoms with Gasteiger partial charge in [0, 0.05) is 6.61 Å². The van der Waals surface area contributed by atoms with Gasteiger partial charge in [-0.2, -0.15) is 0 Å². The zero-order chi connectivity index (χ0) is 8.32. The average molecular weight is 154 g/mol. The summed E-state index contributed by atoms with van der Waals surface area (Å²) in [6.07, 6.45) is 0.176. The number of rotatable bonds is 2. The van der Waals surface area contributed by atoms with Gasteiger partial charge in [0.15, 0.2) is 0 Å². The summed E-state index contributed by atoms with van der Waals surface area (Å²) in [6.45, 7) is 7.39. The molecule has 1 fully saturated rings. The van der Waals surface area contributed by atoms with Crippen molar-refractivity contribution in [2.24, 2.45) is 0 Å². The quantitative estimate of drug-likeness (QED) is 0.440. The number of ether oxygens (including phenoxy) is 2. The third-order valence-electron chi connectivity index (χ3n) is 1.37. The lowest BCUT2D eigenvalue weighted by Crippen LogP contribution is -2.21. The molecule has 0 saturated carbocycles.